The first-order valence-electron chi connectivity index (χ1n) is 8.89. The fourth-order valence-electron chi connectivity index (χ4n) is 2.90. The van der Waals surface area contributed by atoms with Crippen molar-refractivity contribution < 1.29 is 0 Å². The first-order chi connectivity index (χ1) is 12.2. The number of halogens is 2. The zero-order valence-corrected chi connectivity index (χ0v) is 19.6. The lowest BCUT2D eigenvalue weighted by atomic mass is 10.2. The standard InChI is InChI=1S/C18H30ClN5S.HI/c1-20-18(22-8-14-25-2)21-7-4-9-23-10-12-24(13-11-23)17-6-3-5-16(19)15-17;/h3,5-6,15H,4,7-14H2,1-2H3,(H2,20,21,22);1H. The third kappa shape index (κ3) is 8.54. The molecule has 0 aliphatic carbocycles. The summed E-state index contributed by atoms with van der Waals surface area (Å²) in [5, 5.41) is 7.52. The molecule has 5 nitrogen and oxygen atoms in total. The monoisotopic (exact) mass is 511 g/mol. The van der Waals surface area contributed by atoms with Crippen LogP contribution in [0.3, 0.4) is 0 Å². The number of benzene rings is 1. The minimum absolute atomic E-state index is 0. The molecule has 0 spiro atoms. The smallest absolute Gasteiger partial charge is 0.191 e. The number of nitrogens with zero attached hydrogens (tertiary/aromatic N) is 3. The molecule has 1 aromatic carbocycles. The van der Waals surface area contributed by atoms with Gasteiger partial charge in [-0.25, -0.2) is 0 Å². The highest BCUT2D eigenvalue weighted by molar-refractivity contribution is 14.0. The van der Waals surface area contributed by atoms with E-state index in [2.05, 4.69) is 43.8 Å². The summed E-state index contributed by atoms with van der Waals surface area (Å²) in [5.41, 5.74) is 1.23. The van der Waals surface area contributed by atoms with E-state index in [1.165, 1.54) is 5.69 Å². The quantitative estimate of drug-likeness (QED) is 0.243. The van der Waals surface area contributed by atoms with Crippen LogP contribution in [0.15, 0.2) is 29.3 Å². The summed E-state index contributed by atoms with van der Waals surface area (Å²) in [4.78, 5) is 9.20. The Kier molecular flexibility index (Phi) is 12.5. The van der Waals surface area contributed by atoms with Gasteiger partial charge in [0.25, 0.3) is 0 Å². The van der Waals surface area contributed by atoms with Gasteiger partial charge >= 0.3 is 0 Å². The Morgan fingerprint density at radius 3 is 2.58 bits per heavy atom. The predicted octanol–water partition coefficient (Wildman–Crippen LogP) is 3.00. The molecule has 1 heterocycles. The number of aliphatic imine (C=N–C) groups is 1. The second-order valence-electron chi connectivity index (χ2n) is 6.08. The number of hydrogen-bond acceptors (Lipinski definition) is 4. The van der Waals surface area contributed by atoms with Crippen LogP contribution in [0.2, 0.25) is 5.02 Å². The summed E-state index contributed by atoms with van der Waals surface area (Å²) in [6.07, 6.45) is 3.24. The van der Waals surface area contributed by atoms with Crippen molar-refractivity contribution in [2.24, 2.45) is 4.99 Å². The third-order valence-electron chi connectivity index (χ3n) is 4.31. The molecule has 0 radical (unpaired) electrons. The van der Waals surface area contributed by atoms with E-state index in [-0.39, 0.29) is 24.0 Å². The topological polar surface area (TPSA) is 42.9 Å². The number of piperazine rings is 1. The van der Waals surface area contributed by atoms with Crippen molar-refractivity contribution in [1.82, 2.24) is 15.5 Å². The SMILES string of the molecule is CN=C(NCCCN1CCN(c2cccc(Cl)c2)CC1)NCCSC.I. The molecular weight excluding hydrogens is 481 g/mol. The highest BCUT2D eigenvalue weighted by Gasteiger charge is 2.16. The molecule has 1 saturated heterocycles. The van der Waals surface area contributed by atoms with Gasteiger partial charge < -0.3 is 15.5 Å². The van der Waals surface area contributed by atoms with Crippen molar-refractivity contribution in [3.05, 3.63) is 29.3 Å². The number of guanidine groups is 1. The van der Waals surface area contributed by atoms with Gasteiger partial charge in [-0.05, 0) is 37.4 Å². The molecule has 1 aromatic rings. The third-order valence-corrected chi connectivity index (χ3v) is 5.16. The lowest BCUT2D eigenvalue weighted by Crippen LogP contribution is -2.47. The van der Waals surface area contributed by atoms with Crippen molar-refractivity contribution in [3.63, 3.8) is 0 Å². The molecule has 0 saturated carbocycles. The van der Waals surface area contributed by atoms with E-state index in [0.717, 1.165) is 69.0 Å². The van der Waals surface area contributed by atoms with E-state index >= 15 is 0 Å². The van der Waals surface area contributed by atoms with Gasteiger partial charge in [0.2, 0.25) is 0 Å². The van der Waals surface area contributed by atoms with Gasteiger partial charge in [0.1, 0.15) is 0 Å². The van der Waals surface area contributed by atoms with E-state index in [1.54, 1.807) is 0 Å². The van der Waals surface area contributed by atoms with Gasteiger partial charge in [-0.1, -0.05) is 17.7 Å². The Labute approximate surface area is 184 Å². The molecule has 0 atom stereocenters. The molecule has 1 aliphatic rings. The minimum atomic E-state index is 0. The molecule has 2 rings (SSSR count). The fraction of sp³-hybridized carbons (Fsp3) is 0.611. The van der Waals surface area contributed by atoms with Crippen LogP contribution >= 0.6 is 47.3 Å². The second-order valence-corrected chi connectivity index (χ2v) is 7.50. The zero-order valence-electron chi connectivity index (χ0n) is 15.7. The molecule has 1 fully saturated rings. The van der Waals surface area contributed by atoms with Crippen LogP contribution in [0.1, 0.15) is 6.42 Å². The molecule has 0 aromatic heterocycles. The average Bonchev–Trinajstić information content (AvgIpc) is 2.64. The summed E-state index contributed by atoms with van der Waals surface area (Å²) in [6.45, 7) is 7.36. The van der Waals surface area contributed by atoms with Crippen molar-refractivity contribution in [2.75, 3.05) is 69.8 Å². The van der Waals surface area contributed by atoms with Crippen LogP contribution in [-0.2, 0) is 0 Å². The lowest BCUT2D eigenvalue weighted by molar-refractivity contribution is 0.255. The van der Waals surface area contributed by atoms with Gasteiger partial charge in [0.05, 0.1) is 0 Å². The van der Waals surface area contributed by atoms with E-state index in [9.17, 15) is 0 Å². The van der Waals surface area contributed by atoms with Gasteiger partial charge in [-0.15, -0.1) is 24.0 Å². The second kappa shape index (κ2) is 13.7. The Hall–Kier alpha value is -0.380. The van der Waals surface area contributed by atoms with E-state index < -0.39 is 0 Å². The van der Waals surface area contributed by atoms with E-state index in [0.29, 0.717) is 0 Å². The highest BCUT2D eigenvalue weighted by Crippen LogP contribution is 2.20. The number of thioether (sulfide) groups is 1. The summed E-state index contributed by atoms with van der Waals surface area (Å²) in [6, 6.07) is 8.14. The van der Waals surface area contributed by atoms with Crippen LogP contribution in [0.25, 0.3) is 0 Å². The van der Waals surface area contributed by atoms with E-state index in [1.807, 2.05) is 30.9 Å². The van der Waals surface area contributed by atoms with Crippen molar-refractivity contribution in [2.45, 2.75) is 6.42 Å². The summed E-state index contributed by atoms with van der Waals surface area (Å²) < 4.78 is 0. The molecular formula is C18H31ClIN5S. The molecule has 8 heteroatoms. The Balaban J connectivity index is 0.00000338. The van der Waals surface area contributed by atoms with Crippen molar-refractivity contribution in [1.29, 1.82) is 0 Å². The average molecular weight is 512 g/mol. The first-order valence-corrected chi connectivity index (χ1v) is 10.7. The highest BCUT2D eigenvalue weighted by atomic mass is 127. The van der Waals surface area contributed by atoms with Gasteiger partial charge in [0.15, 0.2) is 5.96 Å². The van der Waals surface area contributed by atoms with Crippen molar-refractivity contribution in [3.8, 4) is 0 Å². The Morgan fingerprint density at radius 1 is 1.19 bits per heavy atom. The van der Waals surface area contributed by atoms with Gasteiger partial charge in [0, 0.05) is 62.8 Å². The molecule has 26 heavy (non-hydrogen) atoms. The predicted molar refractivity (Wildman–Crippen MR) is 128 cm³/mol. The molecule has 0 bridgehead atoms. The van der Waals surface area contributed by atoms with Crippen LogP contribution in [0.4, 0.5) is 5.69 Å². The molecule has 0 amide bonds. The van der Waals surface area contributed by atoms with Crippen LogP contribution < -0.4 is 15.5 Å². The zero-order chi connectivity index (χ0) is 17.9. The molecule has 2 N–H and O–H groups in total. The maximum absolute atomic E-state index is 6.09. The Morgan fingerprint density at radius 2 is 1.92 bits per heavy atom. The first kappa shape index (κ1) is 23.7. The normalized spacial score (nSPS) is 15.5. The molecule has 1 aliphatic heterocycles. The fourth-order valence-corrected chi connectivity index (χ4v) is 3.39. The summed E-state index contributed by atoms with van der Waals surface area (Å²) in [7, 11) is 1.82. The largest absolute Gasteiger partial charge is 0.369 e. The summed E-state index contributed by atoms with van der Waals surface area (Å²) in [5.74, 6) is 2.00. The van der Waals surface area contributed by atoms with Crippen LogP contribution in [0.5, 0.6) is 0 Å². The van der Waals surface area contributed by atoms with Gasteiger partial charge in [-0.3, -0.25) is 9.89 Å². The number of anilines is 1. The molecule has 148 valence electrons. The summed E-state index contributed by atoms with van der Waals surface area (Å²) >= 11 is 7.93. The van der Waals surface area contributed by atoms with Gasteiger partial charge in [-0.2, -0.15) is 11.8 Å². The Bertz CT molecular complexity index is 538. The maximum atomic E-state index is 6.09. The number of rotatable bonds is 8. The maximum Gasteiger partial charge on any atom is 0.191 e. The van der Waals surface area contributed by atoms with Crippen molar-refractivity contribution >= 4 is 59.0 Å². The minimum Gasteiger partial charge on any atom is -0.369 e. The number of nitrogens with one attached hydrogen (secondary N) is 2. The lowest BCUT2D eigenvalue weighted by Gasteiger charge is -2.36. The van der Waals surface area contributed by atoms with Crippen LogP contribution in [0, 0.1) is 0 Å². The molecule has 0 unspecified atom stereocenters. The van der Waals surface area contributed by atoms with Crippen LogP contribution in [-0.4, -0.2) is 75.7 Å². The van der Waals surface area contributed by atoms with E-state index in [4.69, 9.17) is 11.6 Å². The number of hydrogen-bond donors (Lipinski definition) is 2.